The van der Waals surface area contributed by atoms with E-state index in [2.05, 4.69) is 0 Å². The highest BCUT2D eigenvalue weighted by molar-refractivity contribution is 5.33. The van der Waals surface area contributed by atoms with E-state index in [4.69, 9.17) is 5.73 Å². The molecule has 0 aliphatic carbocycles. The lowest BCUT2D eigenvalue weighted by atomic mass is 9.96. The van der Waals surface area contributed by atoms with Crippen molar-refractivity contribution < 1.29 is 27.8 Å². The molecule has 0 radical (unpaired) electrons. The predicted octanol–water partition coefficient (Wildman–Crippen LogP) is 1.59. The average Bonchev–Trinajstić information content (AvgIpc) is 2.26. The van der Waals surface area contributed by atoms with Gasteiger partial charge in [0.1, 0.15) is 11.9 Å². The standard InChI is InChI=1S/C11H13F4NO2/c12-7-3-1-2-6(9(7)11(13,14)15)10(18)8(17)4-5-16/h1-3,8,10,17-18H,4-5,16H2. The molecular weight excluding hydrogens is 254 g/mol. The van der Waals surface area contributed by atoms with Gasteiger partial charge in [-0.15, -0.1) is 0 Å². The van der Waals surface area contributed by atoms with E-state index in [9.17, 15) is 27.8 Å². The van der Waals surface area contributed by atoms with Crippen LogP contribution in [0.4, 0.5) is 17.6 Å². The first-order chi connectivity index (χ1) is 8.29. The second kappa shape index (κ2) is 5.64. The monoisotopic (exact) mass is 267 g/mol. The third-order valence-electron chi connectivity index (χ3n) is 2.47. The highest BCUT2D eigenvalue weighted by atomic mass is 19.4. The Morgan fingerprint density at radius 2 is 1.83 bits per heavy atom. The summed E-state index contributed by atoms with van der Waals surface area (Å²) in [5, 5.41) is 19.0. The molecule has 0 aliphatic heterocycles. The summed E-state index contributed by atoms with van der Waals surface area (Å²) in [4.78, 5) is 0. The van der Waals surface area contributed by atoms with Gasteiger partial charge in [0.25, 0.3) is 0 Å². The Balaban J connectivity index is 3.20. The van der Waals surface area contributed by atoms with Gasteiger partial charge in [-0.1, -0.05) is 12.1 Å². The number of hydrogen-bond acceptors (Lipinski definition) is 3. The molecule has 0 aliphatic rings. The summed E-state index contributed by atoms with van der Waals surface area (Å²) in [5.74, 6) is -1.49. The highest BCUT2D eigenvalue weighted by Crippen LogP contribution is 2.37. The van der Waals surface area contributed by atoms with Crippen LogP contribution in [0.1, 0.15) is 23.7 Å². The van der Waals surface area contributed by atoms with E-state index in [1.165, 1.54) is 0 Å². The number of hydrogen-bond donors (Lipinski definition) is 3. The van der Waals surface area contributed by atoms with Gasteiger partial charge in [0, 0.05) is 0 Å². The van der Waals surface area contributed by atoms with Gasteiger partial charge in [-0.05, 0) is 24.6 Å². The maximum absolute atomic E-state index is 13.2. The molecule has 1 rings (SSSR count). The molecule has 102 valence electrons. The zero-order chi connectivity index (χ0) is 13.9. The van der Waals surface area contributed by atoms with Gasteiger partial charge in [0.2, 0.25) is 0 Å². The molecule has 7 heteroatoms. The first-order valence-corrected chi connectivity index (χ1v) is 5.20. The summed E-state index contributed by atoms with van der Waals surface area (Å²) in [6, 6.07) is 2.61. The molecule has 0 bridgehead atoms. The van der Waals surface area contributed by atoms with E-state index >= 15 is 0 Å². The van der Waals surface area contributed by atoms with E-state index in [0.29, 0.717) is 6.07 Å². The first kappa shape index (κ1) is 14.9. The fourth-order valence-electron chi connectivity index (χ4n) is 1.62. The number of halogens is 4. The first-order valence-electron chi connectivity index (χ1n) is 5.20. The summed E-state index contributed by atoms with van der Waals surface area (Å²) in [6.07, 6.45) is -8.34. The Bertz CT molecular complexity index is 409. The maximum atomic E-state index is 13.2. The van der Waals surface area contributed by atoms with E-state index in [-0.39, 0.29) is 13.0 Å². The van der Waals surface area contributed by atoms with Crippen LogP contribution >= 0.6 is 0 Å². The van der Waals surface area contributed by atoms with Gasteiger partial charge in [-0.3, -0.25) is 0 Å². The number of alkyl halides is 3. The van der Waals surface area contributed by atoms with Crippen LogP contribution in [0.15, 0.2) is 18.2 Å². The Morgan fingerprint density at radius 3 is 2.33 bits per heavy atom. The topological polar surface area (TPSA) is 66.5 Å². The molecule has 0 fully saturated rings. The molecule has 0 saturated heterocycles. The molecule has 0 heterocycles. The molecule has 0 saturated carbocycles. The van der Waals surface area contributed by atoms with Crippen molar-refractivity contribution in [2.45, 2.75) is 24.8 Å². The SMILES string of the molecule is NCCC(O)C(O)c1cccc(F)c1C(F)(F)F. The van der Waals surface area contributed by atoms with Crippen LogP contribution < -0.4 is 5.73 Å². The number of aliphatic hydroxyl groups excluding tert-OH is 2. The quantitative estimate of drug-likeness (QED) is 0.726. The van der Waals surface area contributed by atoms with Crippen LogP contribution in [-0.2, 0) is 6.18 Å². The molecule has 0 spiro atoms. The molecule has 1 aromatic rings. The van der Waals surface area contributed by atoms with Crippen molar-refractivity contribution in [1.82, 2.24) is 0 Å². The second-order valence-corrected chi connectivity index (χ2v) is 3.79. The van der Waals surface area contributed by atoms with Crippen LogP contribution in [0.3, 0.4) is 0 Å². The minimum absolute atomic E-state index is 0.00507. The van der Waals surface area contributed by atoms with Gasteiger partial charge in [-0.25, -0.2) is 4.39 Å². The molecule has 2 unspecified atom stereocenters. The number of nitrogens with two attached hydrogens (primary N) is 1. The normalized spacial score (nSPS) is 15.5. The van der Waals surface area contributed by atoms with Crippen LogP contribution in [0.5, 0.6) is 0 Å². The molecular formula is C11H13F4NO2. The summed E-state index contributed by atoms with van der Waals surface area (Å²) in [6.45, 7) is -0.00507. The average molecular weight is 267 g/mol. The highest BCUT2D eigenvalue weighted by Gasteiger charge is 2.39. The van der Waals surface area contributed by atoms with Crippen LogP contribution in [-0.4, -0.2) is 22.9 Å². The molecule has 3 nitrogen and oxygen atoms in total. The molecule has 0 aromatic heterocycles. The van der Waals surface area contributed by atoms with Crippen molar-refractivity contribution in [3.8, 4) is 0 Å². The minimum atomic E-state index is -4.94. The van der Waals surface area contributed by atoms with Crippen molar-refractivity contribution in [3.63, 3.8) is 0 Å². The number of benzene rings is 1. The Morgan fingerprint density at radius 1 is 1.22 bits per heavy atom. The maximum Gasteiger partial charge on any atom is 0.419 e. The van der Waals surface area contributed by atoms with Crippen molar-refractivity contribution in [1.29, 1.82) is 0 Å². The van der Waals surface area contributed by atoms with Crippen LogP contribution in [0, 0.1) is 5.82 Å². The zero-order valence-electron chi connectivity index (χ0n) is 9.28. The fourth-order valence-corrected chi connectivity index (χ4v) is 1.62. The van der Waals surface area contributed by atoms with Gasteiger partial charge in [0.05, 0.1) is 11.7 Å². The summed E-state index contributed by atoms with van der Waals surface area (Å²) in [7, 11) is 0. The van der Waals surface area contributed by atoms with Crippen molar-refractivity contribution in [2.75, 3.05) is 6.54 Å². The minimum Gasteiger partial charge on any atom is -0.390 e. The lowest BCUT2D eigenvalue weighted by Gasteiger charge is -2.21. The second-order valence-electron chi connectivity index (χ2n) is 3.79. The van der Waals surface area contributed by atoms with Crippen molar-refractivity contribution in [3.05, 3.63) is 35.1 Å². The predicted molar refractivity (Wildman–Crippen MR) is 56.0 cm³/mol. The van der Waals surface area contributed by atoms with E-state index < -0.39 is 35.3 Å². The number of rotatable bonds is 4. The molecule has 4 N–H and O–H groups in total. The van der Waals surface area contributed by atoms with E-state index in [1.54, 1.807) is 0 Å². The van der Waals surface area contributed by atoms with Gasteiger partial charge in [0.15, 0.2) is 0 Å². The molecule has 2 atom stereocenters. The lowest BCUT2D eigenvalue weighted by Crippen LogP contribution is -2.25. The Kier molecular flexibility index (Phi) is 4.66. The van der Waals surface area contributed by atoms with Crippen molar-refractivity contribution >= 4 is 0 Å². The summed E-state index contributed by atoms with van der Waals surface area (Å²) < 4.78 is 51.2. The van der Waals surface area contributed by atoms with E-state index in [1.807, 2.05) is 0 Å². The van der Waals surface area contributed by atoms with Gasteiger partial charge in [-0.2, -0.15) is 13.2 Å². The van der Waals surface area contributed by atoms with Crippen molar-refractivity contribution in [2.24, 2.45) is 5.73 Å². The number of aliphatic hydroxyl groups is 2. The van der Waals surface area contributed by atoms with Gasteiger partial charge < -0.3 is 15.9 Å². The molecule has 1 aromatic carbocycles. The van der Waals surface area contributed by atoms with Crippen LogP contribution in [0.2, 0.25) is 0 Å². The molecule has 18 heavy (non-hydrogen) atoms. The van der Waals surface area contributed by atoms with Gasteiger partial charge >= 0.3 is 6.18 Å². The summed E-state index contributed by atoms with van der Waals surface area (Å²) in [5.41, 5.74) is 2.88. The largest absolute Gasteiger partial charge is 0.419 e. The van der Waals surface area contributed by atoms with Crippen LogP contribution in [0.25, 0.3) is 0 Å². The summed E-state index contributed by atoms with van der Waals surface area (Å²) >= 11 is 0. The smallest absolute Gasteiger partial charge is 0.390 e. The molecule has 0 amide bonds. The van der Waals surface area contributed by atoms with E-state index in [0.717, 1.165) is 12.1 Å². The Hall–Kier alpha value is -1.18. The zero-order valence-corrected chi connectivity index (χ0v) is 9.28. The Labute approximate surface area is 101 Å². The lowest BCUT2D eigenvalue weighted by molar-refractivity contribution is -0.142. The fraction of sp³-hybridized carbons (Fsp3) is 0.455. The third kappa shape index (κ3) is 3.18. The third-order valence-corrected chi connectivity index (χ3v) is 2.47.